The maximum atomic E-state index is 14.0. The number of rotatable bonds is 8. The zero-order chi connectivity index (χ0) is 26.2. The Morgan fingerprint density at radius 3 is 2.53 bits per heavy atom. The molecule has 0 saturated carbocycles. The van der Waals surface area contributed by atoms with Crippen molar-refractivity contribution in [2.24, 2.45) is 10.9 Å². The molecule has 1 aromatic rings. The average molecular weight is 531 g/mol. The van der Waals surface area contributed by atoms with E-state index in [9.17, 15) is 9.59 Å². The van der Waals surface area contributed by atoms with E-state index in [1.165, 1.54) is 18.2 Å². The van der Waals surface area contributed by atoms with Gasteiger partial charge in [0.05, 0.1) is 11.6 Å². The van der Waals surface area contributed by atoms with Crippen molar-refractivity contribution in [3.05, 3.63) is 45.5 Å². The zero-order valence-electron chi connectivity index (χ0n) is 22.4. The molecular formula is C28H39ClN4O2S. The van der Waals surface area contributed by atoms with Gasteiger partial charge in [0.25, 0.3) is 5.91 Å². The van der Waals surface area contributed by atoms with Crippen LogP contribution < -0.4 is 0 Å². The third kappa shape index (κ3) is 4.93. The van der Waals surface area contributed by atoms with Crippen LogP contribution in [-0.4, -0.2) is 63.9 Å². The highest BCUT2D eigenvalue weighted by Crippen LogP contribution is 2.54. The van der Waals surface area contributed by atoms with Gasteiger partial charge in [-0.15, -0.1) is 0 Å². The summed E-state index contributed by atoms with van der Waals surface area (Å²) in [5, 5.41) is 1.61. The second-order valence-corrected chi connectivity index (χ2v) is 12.3. The maximum absolute atomic E-state index is 14.0. The molecular weight excluding hydrogens is 492 g/mol. The largest absolute Gasteiger partial charge is 0.347 e. The topological polar surface area (TPSA) is 56.2 Å². The Labute approximate surface area is 225 Å². The van der Waals surface area contributed by atoms with Gasteiger partial charge in [0.1, 0.15) is 10.9 Å². The fourth-order valence-corrected chi connectivity index (χ4v) is 7.26. The molecule has 0 spiro atoms. The first-order valence-corrected chi connectivity index (χ1v) is 14.4. The molecule has 4 rings (SSSR count). The van der Waals surface area contributed by atoms with Crippen LogP contribution in [0.3, 0.4) is 0 Å². The van der Waals surface area contributed by atoms with E-state index in [2.05, 4.69) is 44.7 Å². The molecule has 2 amide bonds. The number of amidine groups is 1. The summed E-state index contributed by atoms with van der Waals surface area (Å²) in [6.07, 6.45) is 5.99. The van der Waals surface area contributed by atoms with Crippen molar-refractivity contribution in [1.82, 2.24) is 14.7 Å². The van der Waals surface area contributed by atoms with Crippen molar-refractivity contribution in [3.8, 4) is 0 Å². The van der Waals surface area contributed by atoms with Gasteiger partial charge in [-0.2, -0.15) is 0 Å². The number of carbonyl (C=O) groups is 2. The molecule has 1 aromatic carbocycles. The number of thioether (sulfide) groups is 1. The summed E-state index contributed by atoms with van der Waals surface area (Å²) in [5.74, 6) is 0.0829. The van der Waals surface area contributed by atoms with E-state index < -0.39 is 6.04 Å². The zero-order valence-corrected chi connectivity index (χ0v) is 24.0. The molecule has 6 nitrogen and oxygen atoms in total. The fraction of sp³-hybridized carbons (Fsp3) is 0.607. The highest BCUT2D eigenvalue weighted by atomic mass is 35.5. The Morgan fingerprint density at radius 2 is 1.92 bits per heavy atom. The van der Waals surface area contributed by atoms with Crippen molar-refractivity contribution < 1.29 is 9.59 Å². The standard InChI is InChI=1S/C28H39ClN4O2S/c1-7-8-9-16-28(4)24(19-12-14-20(29)15-13-19)33-22(18(2)3)23(36-27(33)30-28)26(35)32-17-10-11-21(32)25(34)31(5)6/h12-15,18,21,24H,7-11,16-17H2,1-6H3/t21-,24+,28-/m0/s1. The lowest BCUT2D eigenvalue weighted by atomic mass is 9.82. The summed E-state index contributed by atoms with van der Waals surface area (Å²) >= 11 is 7.74. The number of unbranched alkanes of at least 4 members (excludes halogenated alkanes) is 2. The molecule has 8 heteroatoms. The van der Waals surface area contributed by atoms with Crippen molar-refractivity contribution in [1.29, 1.82) is 0 Å². The number of hydrogen-bond acceptors (Lipinski definition) is 5. The van der Waals surface area contributed by atoms with Gasteiger partial charge < -0.3 is 14.7 Å². The number of allylic oxidation sites excluding steroid dienone is 1. The number of carbonyl (C=O) groups excluding carboxylic acids is 2. The fourth-order valence-electron chi connectivity index (χ4n) is 5.76. The van der Waals surface area contributed by atoms with Crippen LogP contribution in [0, 0.1) is 5.92 Å². The van der Waals surface area contributed by atoms with Crippen LogP contribution in [-0.2, 0) is 9.59 Å². The first kappa shape index (κ1) is 27.1. The minimum absolute atomic E-state index is 0.00377. The molecule has 3 aliphatic rings. The highest BCUT2D eigenvalue weighted by Gasteiger charge is 2.52. The van der Waals surface area contributed by atoms with Gasteiger partial charge >= 0.3 is 0 Å². The molecule has 3 atom stereocenters. The predicted octanol–water partition coefficient (Wildman–Crippen LogP) is 6.09. The molecule has 0 aliphatic carbocycles. The Morgan fingerprint density at radius 1 is 1.22 bits per heavy atom. The molecule has 1 fully saturated rings. The monoisotopic (exact) mass is 530 g/mol. The second-order valence-electron chi connectivity index (χ2n) is 10.9. The number of amides is 2. The Bertz CT molecular complexity index is 1070. The third-order valence-corrected chi connectivity index (χ3v) is 8.85. The quantitative estimate of drug-likeness (QED) is 0.382. The molecule has 3 heterocycles. The van der Waals surface area contributed by atoms with E-state index in [1.54, 1.807) is 23.9 Å². The minimum atomic E-state index is -0.391. The van der Waals surface area contributed by atoms with E-state index in [0.717, 1.165) is 47.0 Å². The van der Waals surface area contributed by atoms with E-state index in [4.69, 9.17) is 16.6 Å². The van der Waals surface area contributed by atoms with Crippen LogP contribution in [0.25, 0.3) is 0 Å². The first-order valence-electron chi connectivity index (χ1n) is 13.2. The van der Waals surface area contributed by atoms with Crippen LogP contribution in [0.2, 0.25) is 5.02 Å². The molecule has 0 bridgehead atoms. The van der Waals surface area contributed by atoms with Crippen LogP contribution in [0.1, 0.15) is 77.8 Å². The number of likely N-dealkylation sites (N-methyl/N-ethyl adjacent to an activating group) is 1. The predicted molar refractivity (Wildman–Crippen MR) is 149 cm³/mol. The number of benzene rings is 1. The van der Waals surface area contributed by atoms with Crippen LogP contribution >= 0.6 is 23.4 Å². The maximum Gasteiger partial charge on any atom is 0.263 e. The molecule has 0 radical (unpaired) electrons. The lowest BCUT2D eigenvalue weighted by Crippen LogP contribution is -2.46. The van der Waals surface area contributed by atoms with Crippen molar-refractivity contribution in [3.63, 3.8) is 0 Å². The van der Waals surface area contributed by atoms with Crippen molar-refractivity contribution in [2.75, 3.05) is 20.6 Å². The van der Waals surface area contributed by atoms with Crippen molar-refractivity contribution >= 4 is 40.3 Å². The van der Waals surface area contributed by atoms with E-state index in [1.807, 2.05) is 12.1 Å². The van der Waals surface area contributed by atoms with Crippen LogP contribution in [0.5, 0.6) is 0 Å². The smallest absolute Gasteiger partial charge is 0.263 e. The lowest BCUT2D eigenvalue weighted by molar-refractivity contribution is -0.140. The molecule has 0 aromatic heterocycles. The van der Waals surface area contributed by atoms with Gasteiger partial charge in [0.2, 0.25) is 5.91 Å². The summed E-state index contributed by atoms with van der Waals surface area (Å²) < 4.78 is 0. The Kier molecular flexibility index (Phi) is 8.10. The molecule has 0 unspecified atom stereocenters. The second kappa shape index (κ2) is 10.8. The molecule has 196 valence electrons. The van der Waals surface area contributed by atoms with Crippen LogP contribution in [0.4, 0.5) is 0 Å². The number of nitrogens with zero attached hydrogens (tertiary/aromatic N) is 4. The van der Waals surface area contributed by atoms with Gasteiger partial charge in [0.15, 0.2) is 5.17 Å². The third-order valence-electron chi connectivity index (χ3n) is 7.54. The summed E-state index contributed by atoms with van der Waals surface area (Å²) in [6, 6.07) is 7.68. The van der Waals surface area contributed by atoms with E-state index in [-0.39, 0.29) is 29.3 Å². The van der Waals surface area contributed by atoms with E-state index >= 15 is 0 Å². The van der Waals surface area contributed by atoms with E-state index in [0.29, 0.717) is 18.0 Å². The average Bonchev–Trinajstić information content (AvgIpc) is 3.51. The van der Waals surface area contributed by atoms with Gasteiger partial charge in [-0.3, -0.25) is 14.6 Å². The number of fused-ring (bicyclic) bond motifs is 1. The van der Waals surface area contributed by atoms with Crippen LogP contribution in [0.15, 0.2) is 39.9 Å². The summed E-state index contributed by atoms with van der Waals surface area (Å²) in [7, 11) is 3.51. The Hall–Kier alpha value is -1.99. The number of halogens is 1. The number of aliphatic imine (C=N–C) groups is 1. The van der Waals surface area contributed by atoms with Gasteiger partial charge in [-0.1, -0.05) is 63.8 Å². The SMILES string of the molecule is CCCCC[C@]1(C)N=C2SC(C(=O)N3CCC[C@H]3C(=O)N(C)C)=C(C(C)C)N2[C@@H]1c1ccc(Cl)cc1. The highest BCUT2D eigenvalue weighted by molar-refractivity contribution is 8.18. The summed E-state index contributed by atoms with van der Waals surface area (Å²) in [6.45, 7) is 9.37. The minimum Gasteiger partial charge on any atom is -0.347 e. The molecule has 3 aliphatic heterocycles. The summed E-state index contributed by atoms with van der Waals surface area (Å²) in [4.78, 5) is 38.5. The number of hydrogen-bond donors (Lipinski definition) is 0. The van der Waals surface area contributed by atoms with Gasteiger partial charge in [-0.05, 0) is 61.6 Å². The lowest BCUT2D eigenvalue weighted by Gasteiger charge is -2.37. The molecule has 1 saturated heterocycles. The molecule has 36 heavy (non-hydrogen) atoms. The van der Waals surface area contributed by atoms with Gasteiger partial charge in [0, 0.05) is 31.4 Å². The Balaban J connectivity index is 1.74. The summed E-state index contributed by atoms with van der Waals surface area (Å²) in [5.41, 5.74) is 1.88. The first-order chi connectivity index (χ1) is 17.1. The van der Waals surface area contributed by atoms with Gasteiger partial charge in [-0.25, -0.2) is 0 Å². The number of likely N-dealkylation sites (tertiary alicyclic amines) is 1. The van der Waals surface area contributed by atoms with Crippen molar-refractivity contribution in [2.45, 2.75) is 83.8 Å². The molecule has 0 N–H and O–H groups in total. The normalized spacial score (nSPS) is 25.6.